The molecule has 0 spiro atoms. The predicted octanol–water partition coefficient (Wildman–Crippen LogP) is 1.55. The zero-order chi connectivity index (χ0) is 13.7. The molecule has 0 saturated heterocycles. The van der Waals surface area contributed by atoms with Crippen LogP contribution in [0.2, 0.25) is 0 Å². The fraction of sp³-hybridized carbons (Fsp3) is 0.462. The Morgan fingerprint density at radius 2 is 1.89 bits per heavy atom. The molecule has 0 bridgehead atoms. The van der Waals surface area contributed by atoms with Crippen LogP contribution in [0, 0.1) is 5.92 Å². The quantitative estimate of drug-likeness (QED) is 0.807. The fourth-order valence-electron chi connectivity index (χ4n) is 1.65. The number of aliphatic hydroxyl groups excluding tert-OH is 1. The predicted molar refractivity (Wildman–Crippen MR) is 65.7 cm³/mol. The standard InChI is InChI=1S/C13H18O5/c1-8(13(15)18-4)12(14)10-7-9(16-2)5-6-11(10)17-3/h5-8,12,14H,1-4H3. The SMILES string of the molecule is COC(=O)C(C)C(O)c1cc(OC)ccc1OC. The molecule has 1 aromatic rings. The van der Waals surface area contributed by atoms with Crippen molar-refractivity contribution in [3.05, 3.63) is 23.8 Å². The van der Waals surface area contributed by atoms with Crippen molar-refractivity contribution >= 4 is 5.97 Å². The van der Waals surface area contributed by atoms with E-state index in [1.54, 1.807) is 25.1 Å². The number of benzene rings is 1. The summed E-state index contributed by atoms with van der Waals surface area (Å²) in [6, 6.07) is 5.04. The molecule has 0 aliphatic rings. The summed E-state index contributed by atoms with van der Waals surface area (Å²) in [5, 5.41) is 10.2. The molecule has 0 aliphatic heterocycles. The lowest BCUT2D eigenvalue weighted by Gasteiger charge is -2.20. The van der Waals surface area contributed by atoms with Crippen molar-refractivity contribution in [3.63, 3.8) is 0 Å². The maximum Gasteiger partial charge on any atom is 0.311 e. The van der Waals surface area contributed by atoms with E-state index in [4.69, 9.17) is 9.47 Å². The molecule has 2 unspecified atom stereocenters. The van der Waals surface area contributed by atoms with Gasteiger partial charge in [-0.25, -0.2) is 0 Å². The number of methoxy groups -OCH3 is 3. The maximum atomic E-state index is 11.4. The van der Waals surface area contributed by atoms with E-state index in [2.05, 4.69) is 4.74 Å². The average molecular weight is 254 g/mol. The molecule has 5 heteroatoms. The lowest BCUT2D eigenvalue weighted by molar-refractivity contribution is -0.148. The normalized spacial score (nSPS) is 13.6. The van der Waals surface area contributed by atoms with Gasteiger partial charge in [0.25, 0.3) is 0 Å². The van der Waals surface area contributed by atoms with Crippen molar-refractivity contribution in [1.82, 2.24) is 0 Å². The lowest BCUT2D eigenvalue weighted by Crippen LogP contribution is -2.21. The van der Waals surface area contributed by atoms with Gasteiger partial charge in [-0.05, 0) is 25.1 Å². The number of rotatable bonds is 5. The maximum absolute atomic E-state index is 11.4. The van der Waals surface area contributed by atoms with Crippen LogP contribution >= 0.6 is 0 Å². The van der Waals surface area contributed by atoms with E-state index in [1.807, 2.05) is 0 Å². The van der Waals surface area contributed by atoms with Crippen LogP contribution in [0.3, 0.4) is 0 Å². The average Bonchev–Trinajstić information content (AvgIpc) is 2.43. The summed E-state index contributed by atoms with van der Waals surface area (Å²) in [6.07, 6.45) is -1.01. The second kappa shape index (κ2) is 6.26. The summed E-state index contributed by atoms with van der Waals surface area (Å²) >= 11 is 0. The van der Waals surface area contributed by atoms with E-state index in [9.17, 15) is 9.90 Å². The first kappa shape index (κ1) is 14.3. The van der Waals surface area contributed by atoms with Crippen LogP contribution < -0.4 is 9.47 Å². The lowest BCUT2D eigenvalue weighted by atomic mass is 9.96. The third kappa shape index (κ3) is 2.92. The van der Waals surface area contributed by atoms with Gasteiger partial charge in [-0.1, -0.05) is 0 Å². The number of carbonyl (C=O) groups is 1. The number of hydrogen-bond acceptors (Lipinski definition) is 5. The van der Waals surface area contributed by atoms with E-state index >= 15 is 0 Å². The van der Waals surface area contributed by atoms with Gasteiger partial charge in [0.15, 0.2) is 0 Å². The number of hydrogen-bond donors (Lipinski definition) is 1. The van der Waals surface area contributed by atoms with Crippen molar-refractivity contribution in [2.24, 2.45) is 5.92 Å². The van der Waals surface area contributed by atoms with Gasteiger partial charge in [0, 0.05) is 5.56 Å². The third-order valence-corrected chi connectivity index (χ3v) is 2.80. The van der Waals surface area contributed by atoms with Gasteiger partial charge >= 0.3 is 5.97 Å². The molecule has 100 valence electrons. The van der Waals surface area contributed by atoms with E-state index in [-0.39, 0.29) is 0 Å². The zero-order valence-corrected chi connectivity index (χ0v) is 11.0. The molecule has 1 aromatic carbocycles. The van der Waals surface area contributed by atoms with Gasteiger partial charge in [0.2, 0.25) is 0 Å². The minimum atomic E-state index is -1.01. The second-order valence-electron chi connectivity index (χ2n) is 3.86. The molecule has 0 aliphatic carbocycles. The van der Waals surface area contributed by atoms with Gasteiger partial charge in [0.1, 0.15) is 11.5 Å². The fourth-order valence-corrected chi connectivity index (χ4v) is 1.65. The van der Waals surface area contributed by atoms with Crippen molar-refractivity contribution in [2.75, 3.05) is 21.3 Å². The first-order valence-corrected chi connectivity index (χ1v) is 5.53. The monoisotopic (exact) mass is 254 g/mol. The zero-order valence-electron chi connectivity index (χ0n) is 11.0. The van der Waals surface area contributed by atoms with Crippen molar-refractivity contribution in [2.45, 2.75) is 13.0 Å². The van der Waals surface area contributed by atoms with E-state index in [1.165, 1.54) is 21.3 Å². The van der Waals surface area contributed by atoms with Crippen molar-refractivity contribution in [1.29, 1.82) is 0 Å². The van der Waals surface area contributed by atoms with Crippen molar-refractivity contribution < 1.29 is 24.1 Å². The molecule has 18 heavy (non-hydrogen) atoms. The number of ether oxygens (including phenoxy) is 3. The minimum Gasteiger partial charge on any atom is -0.497 e. The summed E-state index contributed by atoms with van der Waals surface area (Å²) in [5.74, 6) is -0.0793. The van der Waals surface area contributed by atoms with Crippen LogP contribution in [0.5, 0.6) is 11.5 Å². The van der Waals surface area contributed by atoms with E-state index in [0.29, 0.717) is 17.1 Å². The summed E-state index contributed by atoms with van der Waals surface area (Å²) in [6.45, 7) is 1.59. The molecule has 5 nitrogen and oxygen atoms in total. The Morgan fingerprint density at radius 1 is 1.22 bits per heavy atom. The molecular weight excluding hydrogens is 236 g/mol. The third-order valence-electron chi connectivity index (χ3n) is 2.80. The van der Waals surface area contributed by atoms with Crippen LogP contribution in [0.25, 0.3) is 0 Å². The van der Waals surface area contributed by atoms with Crippen LogP contribution in [0.15, 0.2) is 18.2 Å². The highest BCUT2D eigenvalue weighted by Gasteiger charge is 2.27. The Hall–Kier alpha value is -1.75. The molecule has 1 rings (SSSR count). The topological polar surface area (TPSA) is 65.0 Å². The summed E-state index contributed by atoms with van der Waals surface area (Å²) in [4.78, 5) is 11.4. The van der Waals surface area contributed by atoms with Crippen LogP contribution in [-0.2, 0) is 9.53 Å². The summed E-state index contributed by atoms with van der Waals surface area (Å²) < 4.78 is 14.9. The van der Waals surface area contributed by atoms with Crippen LogP contribution in [0.4, 0.5) is 0 Å². The smallest absolute Gasteiger partial charge is 0.311 e. The molecule has 0 saturated carbocycles. The number of aliphatic hydroxyl groups is 1. The highest BCUT2D eigenvalue weighted by Crippen LogP contribution is 2.33. The summed E-state index contributed by atoms with van der Waals surface area (Å²) in [7, 11) is 4.32. The highest BCUT2D eigenvalue weighted by molar-refractivity contribution is 5.73. The van der Waals surface area contributed by atoms with Gasteiger partial charge in [-0.2, -0.15) is 0 Å². The van der Waals surface area contributed by atoms with Crippen molar-refractivity contribution in [3.8, 4) is 11.5 Å². The number of esters is 1. The van der Waals surface area contributed by atoms with E-state index < -0.39 is 18.0 Å². The van der Waals surface area contributed by atoms with Gasteiger partial charge in [-0.3, -0.25) is 4.79 Å². The minimum absolute atomic E-state index is 0.479. The summed E-state index contributed by atoms with van der Waals surface area (Å²) in [5.41, 5.74) is 0.495. The highest BCUT2D eigenvalue weighted by atomic mass is 16.5. The molecule has 0 heterocycles. The second-order valence-corrected chi connectivity index (χ2v) is 3.86. The molecule has 0 radical (unpaired) electrons. The largest absolute Gasteiger partial charge is 0.497 e. The van der Waals surface area contributed by atoms with Gasteiger partial charge < -0.3 is 19.3 Å². The Kier molecular flexibility index (Phi) is 4.97. The first-order valence-electron chi connectivity index (χ1n) is 5.53. The van der Waals surface area contributed by atoms with Crippen LogP contribution in [0.1, 0.15) is 18.6 Å². The first-order chi connectivity index (χ1) is 8.54. The molecule has 0 aromatic heterocycles. The van der Waals surface area contributed by atoms with Crippen LogP contribution in [-0.4, -0.2) is 32.4 Å². The Balaban J connectivity index is 3.09. The van der Waals surface area contributed by atoms with E-state index in [0.717, 1.165) is 0 Å². The molecule has 0 amide bonds. The molecule has 1 N–H and O–H groups in total. The number of carbonyl (C=O) groups excluding carboxylic acids is 1. The van der Waals surface area contributed by atoms with Gasteiger partial charge in [-0.15, -0.1) is 0 Å². The Labute approximate surface area is 106 Å². The van der Waals surface area contributed by atoms with Gasteiger partial charge in [0.05, 0.1) is 33.4 Å². The Morgan fingerprint density at radius 3 is 2.39 bits per heavy atom. The molecular formula is C13H18O5. The molecule has 2 atom stereocenters. The molecule has 0 fully saturated rings. The Bertz CT molecular complexity index is 416.